The molecule has 88 valence electrons. The predicted octanol–water partition coefficient (Wildman–Crippen LogP) is 1.96. The smallest absolute Gasteiger partial charge is 0.264 e. The maximum Gasteiger partial charge on any atom is 0.264 e. The summed E-state index contributed by atoms with van der Waals surface area (Å²) in [5.41, 5.74) is -0.0996. The van der Waals surface area contributed by atoms with Crippen molar-refractivity contribution >= 4 is 17.2 Å². The molecule has 1 N–H and O–H groups in total. The third kappa shape index (κ3) is 2.28. The molecule has 1 aliphatic heterocycles. The molecule has 2 heterocycles. The number of hydrogen-bond donors (Lipinski definition) is 1. The minimum atomic E-state index is -0.0996. The maximum absolute atomic E-state index is 12.3. The van der Waals surface area contributed by atoms with Gasteiger partial charge in [0.1, 0.15) is 0 Å². The van der Waals surface area contributed by atoms with Crippen molar-refractivity contribution in [1.82, 2.24) is 10.2 Å². The van der Waals surface area contributed by atoms with E-state index in [-0.39, 0.29) is 11.4 Å². The van der Waals surface area contributed by atoms with E-state index < -0.39 is 0 Å². The summed E-state index contributed by atoms with van der Waals surface area (Å²) < 4.78 is 0. The second kappa shape index (κ2) is 4.55. The molecular weight excluding hydrogens is 220 g/mol. The minimum Gasteiger partial charge on any atom is -0.332 e. The Morgan fingerprint density at radius 2 is 2.38 bits per heavy atom. The molecule has 0 unspecified atom stereocenters. The molecule has 0 aromatic carbocycles. The topological polar surface area (TPSA) is 32.3 Å². The van der Waals surface area contributed by atoms with E-state index in [4.69, 9.17) is 0 Å². The summed E-state index contributed by atoms with van der Waals surface area (Å²) in [5.74, 6) is 0.170. The summed E-state index contributed by atoms with van der Waals surface area (Å²) >= 11 is 1.52. The number of rotatable bonds is 1. The predicted molar refractivity (Wildman–Crippen MR) is 66.9 cm³/mol. The lowest BCUT2D eigenvalue weighted by atomic mass is 10.0. The summed E-state index contributed by atoms with van der Waals surface area (Å²) in [7, 11) is 0. The highest BCUT2D eigenvalue weighted by Crippen LogP contribution is 2.21. The lowest BCUT2D eigenvalue weighted by molar-refractivity contribution is 0.0583. The van der Waals surface area contributed by atoms with E-state index >= 15 is 0 Å². The van der Waals surface area contributed by atoms with Crippen molar-refractivity contribution in [3.63, 3.8) is 0 Å². The van der Waals surface area contributed by atoms with Crippen LogP contribution < -0.4 is 5.32 Å². The van der Waals surface area contributed by atoms with Crippen molar-refractivity contribution in [3.8, 4) is 0 Å². The first-order valence-electron chi connectivity index (χ1n) is 5.67. The number of nitrogens with one attached hydrogen (secondary N) is 1. The summed E-state index contributed by atoms with van der Waals surface area (Å²) in [4.78, 5) is 15.2. The molecule has 16 heavy (non-hydrogen) atoms. The number of nitrogens with zero attached hydrogens (tertiary/aromatic N) is 1. The largest absolute Gasteiger partial charge is 0.332 e. The third-order valence-corrected chi connectivity index (χ3v) is 3.86. The van der Waals surface area contributed by atoms with Crippen molar-refractivity contribution in [3.05, 3.63) is 22.4 Å². The lowest BCUT2D eigenvalue weighted by Crippen LogP contribution is -2.51. The zero-order valence-electron chi connectivity index (χ0n) is 9.82. The number of thiophene rings is 1. The molecule has 3 nitrogen and oxygen atoms in total. The summed E-state index contributed by atoms with van der Waals surface area (Å²) in [6.45, 7) is 6.95. The monoisotopic (exact) mass is 238 g/mol. The molecule has 0 saturated carbocycles. The molecule has 0 atom stereocenters. The van der Waals surface area contributed by atoms with Gasteiger partial charge in [-0.2, -0.15) is 0 Å². The van der Waals surface area contributed by atoms with Gasteiger partial charge in [-0.15, -0.1) is 11.3 Å². The zero-order chi connectivity index (χ0) is 11.6. The van der Waals surface area contributed by atoms with E-state index in [0.717, 1.165) is 30.9 Å². The molecule has 0 bridgehead atoms. The fourth-order valence-electron chi connectivity index (χ4n) is 2.06. The molecule has 0 radical (unpaired) electrons. The van der Waals surface area contributed by atoms with E-state index in [9.17, 15) is 4.79 Å². The molecule has 1 fully saturated rings. The van der Waals surface area contributed by atoms with E-state index in [1.54, 1.807) is 0 Å². The van der Waals surface area contributed by atoms with Crippen molar-refractivity contribution in [2.75, 3.05) is 19.6 Å². The van der Waals surface area contributed by atoms with Gasteiger partial charge in [0.2, 0.25) is 0 Å². The van der Waals surface area contributed by atoms with Gasteiger partial charge in [-0.3, -0.25) is 4.79 Å². The van der Waals surface area contributed by atoms with Crippen LogP contribution >= 0.6 is 11.3 Å². The average Bonchev–Trinajstić information content (AvgIpc) is 2.69. The first-order chi connectivity index (χ1) is 7.61. The van der Waals surface area contributed by atoms with Crippen LogP contribution in [0.2, 0.25) is 0 Å². The Labute approximate surface area is 100 Å². The Kier molecular flexibility index (Phi) is 3.30. The first-order valence-corrected chi connectivity index (χ1v) is 6.55. The number of carbonyl (C=O) groups excluding carboxylic acids is 1. The van der Waals surface area contributed by atoms with Crippen LogP contribution in [0.15, 0.2) is 17.5 Å². The van der Waals surface area contributed by atoms with E-state index in [0.29, 0.717) is 0 Å². The van der Waals surface area contributed by atoms with Gasteiger partial charge in [0, 0.05) is 13.1 Å². The fourth-order valence-corrected chi connectivity index (χ4v) is 2.74. The van der Waals surface area contributed by atoms with Crippen molar-refractivity contribution in [2.24, 2.45) is 0 Å². The number of hydrogen-bond acceptors (Lipinski definition) is 3. The standard InChI is InChI=1S/C12H18N2OS/c1-12(2)9-13-6-4-7-14(12)11(15)10-5-3-8-16-10/h3,5,8,13H,4,6-7,9H2,1-2H3. The Morgan fingerprint density at radius 3 is 3.06 bits per heavy atom. The second-order valence-electron chi connectivity index (χ2n) is 4.78. The van der Waals surface area contributed by atoms with E-state index in [2.05, 4.69) is 19.2 Å². The first kappa shape index (κ1) is 11.6. The molecule has 1 amide bonds. The SMILES string of the molecule is CC1(C)CNCCCN1C(=O)c1cccs1. The van der Waals surface area contributed by atoms with Gasteiger partial charge in [-0.25, -0.2) is 0 Å². The van der Waals surface area contributed by atoms with Gasteiger partial charge < -0.3 is 10.2 Å². The minimum absolute atomic E-state index is 0.0996. The Bertz CT molecular complexity index is 359. The Balaban J connectivity index is 2.20. The molecule has 1 aromatic heterocycles. The lowest BCUT2D eigenvalue weighted by Gasteiger charge is -2.36. The van der Waals surface area contributed by atoms with Crippen LogP contribution in [-0.2, 0) is 0 Å². The van der Waals surface area contributed by atoms with E-state index in [1.165, 1.54) is 11.3 Å². The van der Waals surface area contributed by atoms with Gasteiger partial charge in [0.15, 0.2) is 0 Å². The Morgan fingerprint density at radius 1 is 1.56 bits per heavy atom. The summed E-state index contributed by atoms with van der Waals surface area (Å²) in [6.07, 6.45) is 1.03. The number of carbonyl (C=O) groups is 1. The van der Waals surface area contributed by atoms with Gasteiger partial charge in [0.05, 0.1) is 10.4 Å². The highest BCUT2D eigenvalue weighted by molar-refractivity contribution is 7.12. The van der Waals surface area contributed by atoms with Crippen LogP contribution in [0, 0.1) is 0 Å². The fraction of sp³-hybridized carbons (Fsp3) is 0.583. The van der Waals surface area contributed by atoms with E-state index in [1.807, 2.05) is 22.4 Å². The van der Waals surface area contributed by atoms with Gasteiger partial charge in [0.25, 0.3) is 5.91 Å². The van der Waals surface area contributed by atoms with Gasteiger partial charge in [-0.1, -0.05) is 6.07 Å². The van der Waals surface area contributed by atoms with Crippen LogP contribution in [0.1, 0.15) is 29.9 Å². The van der Waals surface area contributed by atoms with Crippen molar-refractivity contribution < 1.29 is 4.79 Å². The molecule has 1 aromatic rings. The normalized spacial score (nSPS) is 20.5. The second-order valence-corrected chi connectivity index (χ2v) is 5.72. The van der Waals surface area contributed by atoms with Crippen LogP contribution in [0.5, 0.6) is 0 Å². The summed E-state index contributed by atoms with van der Waals surface area (Å²) in [6, 6.07) is 3.84. The molecule has 4 heteroatoms. The van der Waals surface area contributed by atoms with Gasteiger partial charge >= 0.3 is 0 Å². The molecule has 0 aliphatic carbocycles. The molecule has 2 rings (SSSR count). The average molecular weight is 238 g/mol. The highest BCUT2D eigenvalue weighted by Gasteiger charge is 2.32. The number of amides is 1. The molecular formula is C12H18N2OS. The molecule has 0 spiro atoms. The van der Waals surface area contributed by atoms with Crippen molar-refractivity contribution in [2.45, 2.75) is 25.8 Å². The zero-order valence-corrected chi connectivity index (χ0v) is 10.6. The highest BCUT2D eigenvalue weighted by atomic mass is 32.1. The van der Waals surface area contributed by atoms with Crippen molar-refractivity contribution in [1.29, 1.82) is 0 Å². The molecule has 1 aliphatic rings. The molecule has 1 saturated heterocycles. The third-order valence-electron chi connectivity index (χ3n) is 3.00. The van der Waals surface area contributed by atoms with Crippen LogP contribution in [0.25, 0.3) is 0 Å². The van der Waals surface area contributed by atoms with Crippen LogP contribution in [0.3, 0.4) is 0 Å². The summed E-state index contributed by atoms with van der Waals surface area (Å²) in [5, 5.41) is 5.33. The van der Waals surface area contributed by atoms with Gasteiger partial charge in [-0.05, 0) is 38.3 Å². The quantitative estimate of drug-likeness (QED) is 0.811. The van der Waals surface area contributed by atoms with Crippen LogP contribution in [0.4, 0.5) is 0 Å². The Hall–Kier alpha value is -0.870. The maximum atomic E-state index is 12.3. The van der Waals surface area contributed by atoms with Crippen LogP contribution in [-0.4, -0.2) is 36.0 Å².